The van der Waals surface area contributed by atoms with Gasteiger partial charge in [-0.2, -0.15) is 0 Å². The maximum Gasteiger partial charge on any atom is 0.320 e. The van der Waals surface area contributed by atoms with Crippen LogP contribution in [-0.4, -0.2) is 52.6 Å². The number of urea groups is 1. The molecule has 2 fully saturated rings. The molecule has 1 unspecified atom stereocenters. The predicted molar refractivity (Wildman–Crippen MR) is 81.2 cm³/mol. The average Bonchev–Trinajstić information content (AvgIpc) is 2.95. The summed E-state index contributed by atoms with van der Waals surface area (Å²) in [6, 6.07) is 0.388. The van der Waals surface area contributed by atoms with Crippen molar-refractivity contribution in [2.45, 2.75) is 64.8 Å². The Kier molecular flexibility index (Phi) is 5.12. The number of aliphatic carboxylic acids is 1. The van der Waals surface area contributed by atoms with E-state index in [1.54, 1.807) is 4.90 Å². The number of carboxylic acid groups (broad SMARTS) is 1. The second kappa shape index (κ2) is 6.67. The van der Waals surface area contributed by atoms with Crippen LogP contribution in [0.3, 0.4) is 0 Å². The van der Waals surface area contributed by atoms with Crippen molar-refractivity contribution in [2.75, 3.05) is 19.6 Å². The molecule has 5 nitrogen and oxygen atoms in total. The molecule has 1 heterocycles. The molecule has 5 heteroatoms. The Labute approximate surface area is 127 Å². The van der Waals surface area contributed by atoms with E-state index in [2.05, 4.69) is 0 Å². The Morgan fingerprint density at radius 3 is 2.38 bits per heavy atom. The first-order valence-electron chi connectivity index (χ1n) is 8.33. The fourth-order valence-electron chi connectivity index (χ4n) is 3.77. The second-order valence-electron chi connectivity index (χ2n) is 6.47. The van der Waals surface area contributed by atoms with Crippen molar-refractivity contribution < 1.29 is 14.7 Å². The third kappa shape index (κ3) is 3.16. The van der Waals surface area contributed by atoms with Gasteiger partial charge in [0.1, 0.15) is 0 Å². The quantitative estimate of drug-likeness (QED) is 0.867. The fraction of sp³-hybridized carbons (Fsp3) is 0.875. The Morgan fingerprint density at radius 2 is 1.90 bits per heavy atom. The number of amides is 2. The summed E-state index contributed by atoms with van der Waals surface area (Å²) in [5, 5.41) is 9.46. The number of nitrogens with zero attached hydrogens (tertiary/aromatic N) is 2. The van der Waals surface area contributed by atoms with Gasteiger partial charge in [0, 0.05) is 25.7 Å². The van der Waals surface area contributed by atoms with Crippen molar-refractivity contribution in [1.29, 1.82) is 0 Å². The highest BCUT2D eigenvalue weighted by Gasteiger charge is 2.45. The minimum absolute atomic E-state index is 0.0426. The molecule has 0 radical (unpaired) electrons. The Balaban J connectivity index is 2.03. The van der Waals surface area contributed by atoms with E-state index < -0.39 is 11.4 Å². The largest absolute Gasteiger partial charge is 0.481 e. The zero-order valence-electron chi connectivity index (χ0n) is 13.3. The molecule has 2 aliphatic rings. The first kappa shape index (κ1) is 16.1. The molecule has 2 amide bonds. The Hall–Kier alpha value is -1.26. The molecule has 1 atom stereocenters. The van der Waals surface area contributed by atoms with Crippen LogP contribution in [0.2, 0.25) is 0 Å². The van der Waals surface area contributed by atoms with E-state index in [0.29, 0.717) is 38.5 Å². The number of hydrogen-bond acceptors (Lipinski definition) is 2. The maximum atomic E-state index is 12.8. The smallest absolute Gasteiger partial charge is 0.320 e. The van der Waals surface area contributed by atoms with E-state index in [1.165, 1.54) is 19.3 Å². The van der Waals surface area contributed by atoms with Gasteiger partial charge >= 0.3 is 12.0 Å². The maximum absolute atomic E-state index is 12.8. The highest BCUT2D eigenvalue weighted by Crippen LogP contribution is 2.35. The molecule has 0 bridgehead atoms. The van der Waals surface area contributed by atoms with Crippen molar-refractivity contribution >= 4 is 12.0 Å². The third-order valence-electron chi connectivity index (χ3n) is 5.36. The average molecular weight is 296 g/mol. The summed E-state index contributed by atoms with van der Waals surface area (Å²) in [5.74, 6) is -0.763. The zero-order chi connectivity index (χ0) is 15.5. The van der Waals surface area contributed by atoms with E-state index in [1.807, 2.05) is 18.7 Å². The van der Waals surface area contributed by atoms with Crippen LogP contribution in [0, 0.1) is 5.41 Å². The van der Waals surface area contributed by atoms with Gasteiger partial charge in [-0.25, -0.2) is 4.79 Å². The molecular weight excluding hydrogens is 268 g/mol. The summed E-state index contributed by atoms with van der Waals surface area (Å²) < 4.78 is 0. The summed E-state index contributed by atoms with van der Waals surface area (Å²) in [5.41, 5.74) is -0.734. The molecule has 0 aromatic heterocycles. The molecule has 0 spiro atoms. The van der Waals surface area contributed by atoms with Gasteiger partial charge in [0.25, 0.3) is 0 Å². The number of rotatable bonds is 4. The lowest BCUT2D eigenvalue weighted by Gasteiger charge is -2.36. The second-order valence-corrected chi connectivity index (χ2v) is 6.47. The normalized spacial score (nSPS) is 26.9. The summed E-state index contributed by atoms with van der Waals surface area (Å²) in [7, 11) is 0. The van der Waals surface area contributed by atoms with Crippen LogP contribution >= 0.6 is 0 Å². The minimum Gasteiger partial charge on any atom is -0.481 e. The lowest BCUT2D eigenvalue weighted by molar-refractivity contribution is -0.148. The summed E-state index contributed by atoms with van der Waals surface area (Å²) >= 11 is 0. The van der Waals surface area contributed by atoms with Crippen LogP contribution in [0.15, 0.2) is 0 Å². The van der Waals surface area contributed by atoms with Gasteiger partial charge in [0.05, 0.1) is 5.41 Å². The van der Waals surface area contributed by atoms with Gasteiger partial charge in [-0.05, 0) is 32.6 Å². The van der Waals surface area contributed by atoms with E-state index in [-0.39, 0.29) is 6.03 Å². The minimum atomic E-state index is -0.763. The summed E-state index contributed by atoms with van der Waals surface area (Å²) in [4.78, 5) is 28.0. The number of hydrogen-bond donors (Lipinski definition) is 1. The molecule has 1 N–H and O–H groups in total. The molecule has 0 aromatic rings. The predicted octanol–water partition coefficient (Wildman–Crippen LogP) is 2.95. The lowest BCUT2D eigenvalue weighted by Crippen LogP contribution is -2.49. The standard InChI is InChI=1S/C16H28N2O3/c1-3-16(14(19)20)10-11-17(12-16)15(21)18(4-2)13-8-6-5-7-9-13/h13H,3-12H2,1-2H3,(H,19,20). The molecular formula is C16H28N2O3. The molecule has 21 heavy (non-hydrogen) atoms. The van der Waals surface area contributed by atoms with Crippen molar-refractivity contribution in [1.82, 2.24) is 9.80 Å². The van der Waals surface area contributed by atoms with Crippen LogP contribution in [0.4, 0.5) is 4.79 Å². The van der Waals surface area contributed by atoms with Crippen LogP contribution in [0.1, 0.15) is 58.8 Å². The molecule has 1 saturated heterocycles. The number of carbonyl (C=O) groups excluding carboxylic acids is 1. The van der Waals surface area contributed by atoms with E-state index in [4.69, 9.17) is 0 Å². The van der Waals surface area contributed by atoms with Gasteiger partial charge < -0.3 is 14.9 Å². The van der Waals surface area contributed by atoms with E-state index in [0.717, 1.165) is 12.8 Å². The van der Waals surface area contributed by atoms with Crippen LogP contribution in [-0.2, 0) is 4.79 Å². The molecule has 120 valence electrons. The zero-order valence-corrected chi connectivity index (χ0v) is 13.3. The number of carbonyl (C=O) groups is 2. The number of carboxylic acids is 1. The van der Waals surface area contributed by atoms with E-state index >= 15 is 0 Å². The van der Waals surface area contributed by atoms with Gasteiger partial charge in [-0.3, -0.25) is 4.79 Å². The van der Waals surface area contributed by atoms with Gasteiger partial charge in [0.15, 0.2) is 0 Å². The Bertz CT molecular complexity index is 393. The van der Waals surface area contributed by atoms with Crippen molar-refractivity contribution in [3.8, 4) is 0 Å². The third-order valence-corrected chi connectivity index (χ3v) is 5.36. The first-order valence-corrected chi connectivity index (χ1v) is 8.33. The van der Waals surface area contributed by atoms with Crippen LogP contribution < -0.4 is 0 Å². The molecule has 1 aliphatic carbocycles. The Morgan fingerprint density at radius 1 is 1.24 bits per heavy atom. The molecule has 0 aromatic carbocycles. The van der Waals surface area contributed by atoms with Gasteiger partial charge in [-0.1, -0.05) is 26.2 Å². The monoisotopic (exact) mass is 296 g/mol. The van der Waals surface area contributed by atoms with Crippen molar-refractivity contribution in [3.63, 3.8) is 0 Å². The summed E-state index contributed by atoms with van der Waals surface area (Å²) in [6.07, 6.45) is 7.00. The van der Waals surface area contributed by atoms with Crippen LogP contribution in [0.25, 0.3) is 0 Å². The fourth-order valence-corrected chi connectivity index (χ4v) is 3.77. The SMILES string of the molecule is CCN(C(=O)N1CCC(CC)(C(=O)O)C1)C1CCCCC1. The highest BCUT2D eigenvalue weighted by atomic mass is 16.4. The number of likely N-dealkylation sites (tertiary alicyclic amines) is 1. The van der Waals surface area contributed by atoms with Crippen molar-refractivity contribution in [2.24, 2.45) is 5.41 Å². The highest BCUT2D eigenvalue weighted by molar-refractivity contribution is 5.80. The molecule has 2 rings (SSSR count). The topological polar surface area (TPSA) is 60.9 Å². The van der Waals surface area contributed by atoms with Gasteiger partial charge in [0.2, 0.25) is 0 Å². The first-order chi connectivity index (χ1) is 10.0. The molecule has 1 saturated carbocycles. The summed E-state index contributed by atoms with van der Waals surface area (Å²) in [6.45, 7) is 5.57. The van der Waals surface area contributed by atoms with Crippen LogP contribution in [0.5, 0.6) is 0 Å². The lowest BCUT2D eigenvalue weighted by atomic mass is 9.84. The van der Waals surface area contributed by atoms with Gasteiger partial charge in [-0.15, -0.1) is 0 Å². The van der Waals surface area contributed by atoms with Crippen molar-refractivity contribution in [3.05, 3.63) is 0 Å². The molecule has 1 aliphatic heterocycles. The van der Waals surface area contributed by atoms with E-state index in [9.17, 15) is 14.7 Å².